The molecule has 0 spiro atoms. The van der Waals surface area contributed by atoms with E-state index in [1.807, 2.05) is 0 Å². The molecule has 2 amide bonds. The van der Waals surface area contributed by atoms with Crippen molar-refractivity contribution in [3.63, 3.8) is 0 Å². The first-order chi connectivity index (χ1) is 9.24. The van der Waals surface area contributed by atoms with Gasteiger partial charge in [0, 0.05) is 25.4 Å². The van der Waals surface area contributed by atoms with Crippen molar-refractivity contribution < 1.29 is 9.59 Å². The van der Waals surface area contributed by atoms with Crippen LogP contribution in [0.3, 0.4) is 0 Å². The highest BCUT2D eigenvalue weighted by molar-refractivity contribution is 5.77. The molecule has 1 saturated heterocycles. The molecule has 0 aromatic heterocycles. The maximum Gasteiger partial charge on any atom is 0.220 e. The number of amides is 2. The zero-order chi connectivity index (χ0) is 13.5. The van der Waals surface area contributed by atoms with Gasteiger partial charge in [0.25, 0.3) is 0 Å². The van der Waals surface area contributed by atoms with Crippen molar-refractivity contribution in [2.24, 2.45) is 5.92 Å². The van der Waals surface area contributed by atoms with Gasteiger partial charge in [-0.2, -0.15) is 0 Å². The average molecular weight is 266 g/mol. The molecule has 2 rings (SSSR count). The third-order valence-corrected chi connectivity index (χ3v) is 4.37. The second-order valence-corrected chi connectivity index (χ2v) is 6.00. The molecule has 2 fully saturated rings. The summed E-state index contributed by atoms with van der Waals surface area (Å²) < 4.78 is 0. The van der Waals surface area contributed by atoms with Crippen molar-refractivity contribution >= 4 is 11.8 Å². The first kappa shape index (κ1) is 14.4. The molecule has 2 N–H and O–H groups in total. The van der Waals surface area contributed by atoms with Gasteiger partial charge in [0.2, 0.25) is 11.8 Å². The molecule has 0 aromatic rings. The highest BCUT2D eigenvalue weighted by atomic mass is 16.2. The Kier molecular flexibility index (Phi) is 5.67. The Morgan fingerprint density at radius 2 is 1.89 bits per heavy atom. The zero-order valence-electron chi connectivity index (χ0n) is 11.7. The quantitative estimate of drug-likeness (QED) is 0.801. The first-order valence-corrected chi connectivity index (χ1v) is 7.80. The van der Waals surface area contributed by atoms with Gasteiger partial charge >= 0.3 is 0 Å². The topological polar surface area (TPSA) is 58.2 Å². The predicted molar refractivity (Wildman–Crippen MR) is 74.6 cm³/mol. The normalized spacial score (nSPS) is 24.8. The van der Waals surface area contributed by atoms with E-state index in [0.29, 0.717) is 19.4 Å². The van der Waals surface area contributed by atoms with Crippen LogP contribution in [0.1, 0.15) is 64.2 Å². The van der Waals surface area contributed by atoms with E-state index < -0.39 is 0 Å². The van der Waals surface area contributed by atoms with Crippen LogP contribution in [0, 0.1) is 5.92 Å². The molecule has 0 bridgehead atoms. The van der Waals surface area contributed by atoms with Crippen LogP contribution in [-0.4, -0.2) is 24.4 Å². The lowest BCUT2D eigenvalue weighted by Gasteiger charge is -2.17. The van der Waals surface area contributed by atoms with Crippen molar-refractivity contribution in [2.45, 2.75) is 70.3 Å². The van der Waals surface area contributed by atoms with Crippen molar-refractivity contribution in [1.82, 2.24) is 10.6 Å². The van der Waals surface area contributed by atoms with Crippen molar-refractivity contribution in [1.29, 1.82) is 0 Å². The van der Waals surface area contributed by atoms with E-state index in [1.165, 1.54) is 25.7 Å². The number of carbonyl (C=O) groups excluding carboxylic acids is 2. The van der Waals surface area contributed by atoms with Crippen LogP contribution >= 0.6 is 0 Å². The molecule has 1 heterocycles. The van der Waals surface area contributed by atoms with Gasteiger partial charge in [0.1, 0.15) is 0 Å². The molecule has 1 atom stereocenters. The Bertz CT molecular complexity index is 311. The van der Waals surface area contributed by atoms with E-state index in [0.717, 1.165) is 31.6 Å². The Morgan fingerprint density at radius 3 is 2.68 bits per heavy atom. The number of hydrogen-bond acceptors (Lipinski definition) is 2. The molecule has 1 aliphatic carbocycles. The Labute approximate surface area is 115 Å². The van der Waals surface area contributed by atoms with Crippen LogP contribution in [0.25, 0.3) is 0 Å². The van der Waals surface area contributed by atoms with Crippen LogP contribution in [0.5, 0.6) is 0 Å². The summed E-state index contributed by atoms with van der Waals surface area (Å²) in [5, 5.41) is 5.95. The summed E-state index contributed by atoms with van der Waals surface area (Å²) >= 11 is 0. The van der Waals surface area contributed by atoms with Crippen molar-refractivity contribution in [3.8, 4) is 0 Å². The fourth-order valence-corrected chi connectivity index (χ4v) is 3.16. The molecule has 1 unspecified atom stereocenters. The summed E-state index contributed by atoms with van der Waals surface area (Å²) in [6.07, 6.45) is 10.6. The molecule has 19 heavy (non-hydrogen) atoms. The molecule has 1 saturated carbocycles. The van der Waals surface area contributed by atoms with E-state index in [-0.39, 0.29) is 17.9 Å². The standard InChI is InChI=1S/C15H26N2O2/c18-14(10-9-12-5-1-2-6-12)16-11-13-7-3-4-8-15(19)17-13/h12-13H,1-11H2,(H,16,18)(H,17,19). The minimum Gasteiger partial charge on any atom is -0.354 e. The Balaban J connectivity index is 1.60. The van der Waals surface area contributed by atoms with Crippen LogP contribution < -0.4 is 10.6 Å². The first-order valence-electron chi connectivity index (χ1n) is 7.80. The highest BCUT2D eigenvalue weighted by Crippen LogP contribution is 2.28. The fourth-order valence-electron chi connectivity index (χ4n) is 3.16. The predicted octanol–water partition coefficient (Wildman–Crippen LogP) is 2.13. The molecule has 4 nitrogen and oxygen atoms in total. The van der Waals surface area contributed by atoms with Gasteiger partial charge in [-0.25, -0.2) is 0 Å². The van der Waals surface area contributed by atoms with Gasteiger partial charge < -0.3 is 10.6 Å². The maximum atomic E-state index is 11.8. The van der Waals surface area contributed by atoms with E-state index in [1.54, 1.807) is 0 Å². The summed E-state index contributed by atoms with van der Waals surface area (Å²) in [6, 6.07) is 0.130. The Hall–Kier alpha value is -1.06. The van der Waals surface area contributed by atoms with Gasteiger partial charge in [-0.1, -0.05) is 32.1 Å². The van der Waals surface area contributed by atoms with Gasteiger partial charge in [-0.05, 0) is 25.2 Å². The van der Waals surface area contributed by atoms with Crippen molar-refractivity contribution in [3.05, 3.63) is 0 Å². The Morgan fingerprint density at radius 1 is 1.16 bits per heavy atom. The third kappa shape index (κ3) is 5.21. The summed E-state index contributed by atoms with van der Waals surface area (Å²) in [4.78, 5) is 23.2. The smallest absolute Gasteiger partial charge is 0.220 e. The third-order valence-electron chi connectivity index (χ3n) is 4.37. The molecule has 108 valence electrons. The summed E-state index contributed by atoms with van der Waals surface area (Å²) in [5.41, 5.74) is 0. The number of rotatable bonds is 5. The molecule has 0 radical (unpaired) electrons. The monoisotopic (exact) mass is 266 g/mol. The van der Waals surface area contributed by atoms with E-state index in [9.17, 15) is 9.59 Å². The van der Waals surface area contributed by atoms with Crippen LogP contribution in [0.15, 0.2) is 0 Å². The van der Waals surface area contributed by atoms with Gasteiger partial charge in [0.15, 0.2) is 0 Å². The van der Waals surface area contributed by atoms with Gasteiger partial charge in [0.05, 0.1) is 0 Å². The second-order valence-electron chi connectivity index (χ2n) is 6.00. The minimum atomic E-state index is 0.128. The average Bonchev–Trinajstić information content (AvgIpc) is 2.83. The molecular weight excluding hydrogens is 240 g/mol. The highest BCUT2D eigenvalue weighted by Gasteiger charge is 2.18. The van der Waals surface area contributed by atoms with Crippen LogP contribution in [0.2, 0.25) is 0 Å². The summed E-state index contributed by atoms with van der Waals surface area (Å²) in [5.74, 6) is 1.04. The SMILES string of the molecule is O=C(CCC1CCCC1)NCC1CCCCC(=O)N1. The largest absolute Gasteiger partial charge is 0.354 e. The van der Waals surface area contributed by atoms with Gasteiger partial charge in [-0.15, -0.1) is 0 Å². The summed E-state index contributed by atoms with van der Waals surface area (Å²) in [7, 11) is 0. The minimum absolute atomic E-state index is 0.128. The van der Waals surface area contributed by atoms with Gasteiger partial charge in [-0.3, -0.25) is 9.59 Å². The molecule has 2 aliphatic rings. The lowest BCUT2D eigenvalue weighted by atomic mass is 10.0. The molecule has 4 heteroatoms. The number of hydrogen-bond donors (Lipinski definition) is 2. The lowest BCUT2D eigenvalue weighted by Crippen LogP contribution is -2.42. The molecular formula is C15H26N2O2. The maximum absolute atomic E-state index is 11.8. The van der Waals surface area contributed by atoms with E-state index >= 15 is 0 Å². The summed E-state index contributed by atoms with van der Waals surface area (Å²) in [6.45, 7) is 0.593. The van der Waals surface area contributed by atoms with Crippen molar-refractivity contribution in [2.75, 3.05) is 6.54 Å². The van der Waals surface area contributed by atoms with Crippen LogP contribution in [0.4, 0.5) is 0 Å². The second kappa shape index (κ2) is 7.51. The van der Waals surface area contributed by atoms with E-state index in [4.69, 9.17) is 0 Å². The lowest BCUT2D eigenvalue weighted by molar-refractivity contribution is -0.123. The van der Waals surface area contributed by atoms with E-state index in [2.05, 4.69) is 10.6 Å². The number of carbonyl (C=O) groups is 2. The van der Waals surface area contributed by atoms with Crippen LogP contribution in [-0.2, 0) is 9.59 Å². The fraction of sp³-hybridized carbons (Fsp3) is 0.867. The molecule has 0 aromatic carbocycles. The number of nitrogens with one attached hydrogen (secondary N) is 2. The molecule has 1 aliphatic heterocycles. The zero-order valence-corrected chi connectivity index (χ0v) is 11.7.